The Morgan fingerprint density at radius 3 is 1.92 bits per heavy atom. The molecule has 0 heterocycles. The van der Waals surface area contributed by atoms with Crippen molar-refractivity contribution >= 4 is 33.3 Å². The van der Waals surface area contributed by atoms with Gasteiger partial charge in [0.2, 0.25) is 0 Å². The number of hydrogen-bond donors (Lipinski definition) is 0. The SMILES string of the molecule is C#CC#CC#CC#CC(=O)OC[C@H](COP(=O)([O-])[O-])OC(=O)CCCCCCCCCCCC.S.[HH].[HH].[HH].[HH].[HH].[HH].[HH].[Na+].[Na+]. The first-order chi connectivity index (χ1) is 16.3. The van der Waals surface area contributed by atoms with Gasteiger partial charge in [0.05, 0.1) is 14.4 Å². The Morgan fingerprint density at radius 1 is 0.865 bits per heavy atom. The largest absolute Gasteiger partial charge is 1.00 e. The van der Waals surface area contributed by atoms with Gasteiger partial charge in [0, 0.05) is 22.3 Å². The summed E-state index contributed by atoms with van der Waals surface area (Å²) in [5, 5.41) is 0. The number of carbonyl (C=O) groups is 2. The monoisotopic (exact) mass is 584 g/mol. The van der Waals surface area contributed by atoms with Crippen molar-refractivity contribution in [1.82, 2.24) is 0 Å². The predicted octanol–water partition coefficient (Wildman–Crippen LogP) is -1.92. The molecule has 0 aromatic heterocycles. The quantitative estimate of drug-likeness (QED) is 0.0484. The van der Waals surface area contributed by atoms with E-state index in [0.717, 1.165) is 19.3 Å². The maximum absolute atomic E-state index is 12.0. The molecule has 12 heteroatoms. The van der Waals surface area contributed by atoms with Crippen LogP contribution in [0.4, 0.5) is 0 Å². The van der Waals surface area contributed by atoms with E-state index < -0.39 is 39.1 Å². The molecule has 8 nitrogen and oxygen atoms in total. The van der Waals surface area contributed by atoms with Crippen LogP contribution in [-0.2, 0) is 28.2 Å². The molecule has 0 amide bonds. The number of ether oxygens (including phenoxy) is 2. The molecule has 0 fully saturated rings. The minimum Gasteiger partial charge on any atom is -0.790 e. The maximum atomic E-state index is 12.0. The second-order valence-electron chi connectivity index (χ2n) is 7.28. The van der Waals surface area contributed by atoms with Gasteiger partial charge in [-0.25, -0.2) is 4.79 Å². The van der Waals surface area contributed by atoms with Crippen LogP contribution in [0.25, 0.3) is 0 Å². The number of hydrogen-bond acceptors (Lipinski definition) is 8. The average molecular weight is 585 g/mol. The first kappa shape index (κ1) is 43.7. The van der Waals surface area contributed by atoms with E-state index in [4.69, 9.17) is 15.9 Å². The van der Waals surface area contributed by atoms with E-state index in [0.29, 0.717) is 6.42 Å². The molecular formula is C25H47Na2O8PS. The molecule has 0 saturated carbocycles. The van der Waals surface area contributed by atoms with Gasteiger partial charge >= 0.3 is 71.1 Å². The van der Waals surface area contributed by atoms with E-state index in [2.05, 4.69) is 41.0 Å². The van der Waals surface area contributed by atoms with Crippen molar-refractivity contribution in [2.45, 2.75) is 83.7 Å². The van der Waals surface area contributed by atoms with Crippen LogP contribution < -0.4 is 68.9 Å². The number of unbranched alkanes of at least 4 members (excludes halogenated alkanes) is 9. The molecule has 0 radical (unpaired) electrons. The molecule has 0 aliphatic carbocycles. The van der Waals surface area contributed by atoms with E-state index in [1.807, 2.05) is 11.8 Å². The summed E-state index contributed by atoms with van der Waals surface area (Å²) in [5.41, 5.74) is 0. The average Bonchev–Trinajstić information content (AvgIpc) is 2.78. The molecular weight excluding hydrogens is 537 g/mol. The zero-order valence-electron chi connectivity index (χ0n) is 22.1. The Balaban J connectivity index is -0.000000121. The van der Waals surface area contributed by atoms with Crippen LogP contribution in [0.2, 0.25) is 0 Å². The Kier molecular flexibility index (Phi) is 35.6. The van der Waals surface area contributed by atoms with E-state index in [1.54, 1.807) is 0 Å². The van der Waals surface area contributed by atoms with Gasteiger partial charge in [-0.2, -0.15) is 13.5 Å². The van der Waals surface area contributed by atoms with Crippen molar-refractivity contribution in [1.29, 1.82) is 0 Å². The normalized spacial score (nSPS) is 9.89. The van der Waals surface area contributed by atoms with Crippen molar-refractivity contribution < 1.29 is 107 Å². The van der Waals surface area contributed by atoms with Crippen molar-refractivity contribution in [2.24, 2.45) is 0 Å². The summed E-state index contributed by atoms with van der Waals surface area (Å²) in [6.07, 6.45) is 14.8. The molecule has 0 spiro atoms. The first-order valence-corrected chi connectivity index (χ1v) is 12.7. The molecule has 0 rings (SSSR count). The third-order valence-electron chi connectivity index (χ3n) is 4.34. The summed E-state index contributed by atoms with van der Waals surface area (Å²) in [7, 11) is -5.29. The molecule has 0 aliphatic heterocycles. The number of esters is 2. The summed E-state index contributed by atoms with van der Waals surface area (Å²) in [6, 6.07) is 0. The molecule has 0 bridgehead atoms. The third kappa shape index (κ3) is 33.6. The number of rotatable bonds is 17. The summed E-state index contributed by atoms with van der Waals surface area (Å²) < 4.78 is 24.8. The zero-order valence-corrected chi connectivity index (χ0v) is 28.0. The Morgan fingerprint density at radius 2 is 1.38 bits per heavy atom. The molecule has 0 saturated heterocycles. The van der Waals surface area contributed by atoms with Crippen LogP contribution >= 0.6 is 21.3 Å². The third-order valence-corrected chi connectivity index (χ3v) is 4.80. The second-order valence-corrected chi connectivity index (χ2v) is 8.43. The van der Waals surface area contributed by atoms with Gasteiger partial charge in [0.1, 0.15) is 6.61 Å². The number of terminal acetylenes is 1. The van der Waals surface area contributed by atoms with Crippen LogP contribution in [0.5, 0.6) is 0 Å². The van der Waals surface area contributed by atoms with E-state index >= 15 is 0 Å². The minimum absolute atomic E-state index is 0. The van der Waals surface area contributed by atoms with Gasteiger partial charge < -0.3 is 28.3 Å². The Bertz CT molecular complexity index is 925. The van der Waals surface area contributed by atoms with E-state index in [-0.39, 0.29) is 89.0 Å². The summed E-state index contributed by atoms with van der Waals surface area (Å²) in [5.74, 6) is 13.8. The fraction of sp³-hybridized carbons (Fsp3) is 0.600. The van der Waals surface area contributed by atoms with Crippen molar-refractivity contribution in [3.05, 3.63) is 0 Å². The fourth-order valence-electron chi connectivity index (χ4n) is 2.71. The van der Waals surface area contributed by atoms with Gasteiger partial charge in [-0.1, -0.05) is 64.7 Å². The molecule has 0 aliphatic rings. The van der Waals surface area contributed by atoms with E-state index in [9.17, 15) is 23.9 Å². The molecule has 0 aromatic rings. The van der Waals surface area contributed by atoms with Crippen LogP contribution in [-0.4, -0.2) is 31.3 Å². The van der Waals surface area contributed by atoms with Crippen LogP contribution in [0.1, 0.15) is 87.5 Å². The summed E-state index contributed by atoms with van der Waals surface area (Å²) in [4.78, 5) is 45.1. The number of carbonyl (C=O) groups excluding carboxylic acids is 2. The standard InChI is InChI=1S/C25H33O8P.2Na.H2S.7H2/c1-3-5-7-9-11-12-13-14-16-18-20-25(27)33-23(22-32-34(28,29)30)21-31-24(26)19-17-15-10-8-6-4-2;;;;;;;;;;/h2,23H,3,5,7,9,11-14,16,18,20-22H2,1H3,(H2,28,29,30);;;1H2;7*1H/q;2*+1;;;;;;;;/p-2/t23-;;;;;;;;;;/m1........../s1. The molecule has 0 aromatic carbocycles. The van der Waals surface area contributed by atoms with Crippen molar-refractivity contribution in [3.63, 3.8) is 0 Å². The first-order valence-electron chi connectivity index (χ1n) is 11.3. The molecule has 208 valence electrons. The second kappa shape index (κ2) is 30.2. The number of phosphoric acid groups is 1. The van der Waals surface area contributed by atoms with Gasteiger partial charge in [0.25, 0.3) is 0 Å². The molecule has 0 N–H and O–H groups in total. The van der Waals surface area contributed by atoms with Gasteiger partial charge in [-0.05, 0) is 41.9 Å². The molecule has 0 unspecified atom stereocenters. The summed E-state index contributed by atoms with van der Waals surface area (Å²) in [6.45, 7) is 0.879. The summed E-state index contributed by atoms with van der Waals surface area (Å²) >= 11 is 0. The van der Waals surface area contributed by atoms with Gasteiger partial charge in [-0.15, -0.1) is 6.42 Å². The Hall–Kier alpha value is -0.360. The zero-order chi connectivity index (χ0) is 25.5. The maximum Gasteiger partial charge on any atom is 1.00 e. The van der Waals surface area contributed by atoms with Crippen LogP contribution in [0, 0.1) is 47.9 Å². The van der Waals surface area contributed by atoms with Crippen LogP contribution in [0.15, 0.2) is 0 Å². The molecule has 37 heavy (non-hydrogen) atoms. The van der Waals surface area contributed by atoms with Gasteiger partial charge in [-0.3, -0.25) is 4.79 Å². The van der Waals surface area contributed by atoms with Crippen molar-refractivity contribution in [2.75, 3.05) is 13.2 Å². The van der Waals surface area contributed by atoms with Crippen molar-refractivity contribution in [3.8, 4) is 47.9 Å². The van der Waals surface area contributed by atoms with E-state index in [1.165, 1.54) is 38.5 Å². The Labute approximate surface area is 283 Å². The van der Waals surface area contributed by atoms with Gasteiger partial charge in [0.15, 0.2) is 6.10 Å². The predicted molar refractivity (Wildman–Crippen MR) is 148 cm³/mol. The smallest absolute Gasteiger partial charge is 0.790 e. The molecule has 1 atom stereocenters. The topological polar surface area (TPSA) is 125 Å². The number of phosphoric ester groups is 1. The fourth-order valence-corrected chi connectivity index (χ4v) is 3.06. The van der Waals surface area contributed by atoms with Crippen LogP contribution in [0.3, 0.4) is 0 Å². The minimum atomic E-state index is -5.29.